The number of hydrogen-bond donors (Lipinski definition) is 0. The average molecular weight is 191 g/mol. The summed E-state index contributed by atoms with van der Waals surface area (Å²) in [5.74, 6) is 0.202. The maximum absolute atomic E-state index is 13.2. The Bertz CT molecular complexity index is 379. The van der Waals surface area contributed by atoms with Gasteiger partial charge in [0.15, 0.2) is 11.6 Å². The van der Waals surface area contributed by atoms with Crippen LogP contribution < -0.4 is 4.74 Å². The summed E-state index contributed by atoms with van der Waals surface area (Å²) in [4.78, 5) is 0. The molecule has 0 saturated heterocycles. The van der Waals surface area contributed by atoms with Crippen molar-refractivity contribution in [1.29, 1.82) is 5.26 Å². The smallest absolute Gasteiger partial charge is 0.172 e. The Morgan fingerprint density at radius 1 is 1.50 bits per heavy atom. The van der Waals surface area contributed by atoms with Gasteiger partial charge in [-0.25, -0.2) is 4.39 Å². The van der Waals surface area contributed by atoms with Crippen LogP contribution in [0.15, 0.2) is 18.2 Å². The first-order chi connectivity index (χ1) is 6.81. The van der Waals surface area contributed by atoms with E-state index >= 15 is 0 Å². The second kappa shape index (κ2) is 3.67. The SMILES string of the molecule is N#Cc1cccc(F)c1OCC1CC1. The monoisotopic (exact) mass is 191 g/mol. The molecule has 1 aliphatic carbocycles. The molecule has 1 saturated carbocycles. The van der Waals surface area contributed by atoms with Gasteiger partial charge in [0.2, 0.25) is 0 Å². The van der Waals surface area contributed by atoms with Gasteiger partial charge in [0.25, 0.3) is 0 Å². The summed E-state index contributed by atoms with van der Waals surface area (Å²) in [7, 11) is 0. The van der Waals surface area contributed by atoms with Crippen LogP contribution in [0.2, 0.25) is 0 Å². The standard InChI is InChI=1S/C11H10FNO/c12-10-3-1-2-9(6-13)11(10)14-7-8-4-5-8/h1-3,8H,4-5,7H2. The first-order valence-electron chi connectivity index (χ1n) is 4.62. The van der Waals surface area contributed by atoms with Gasteiger partial charge in [-0.15, -0.1) is 0 Å². The number of para-hydroxylation sites is 1. The minimum atomic E-state index is -0.454. The molecule has 14 heavy (non-hydrogen) atoms. The van der Waals surface area contributed by atoms with E-state index < -0.39 is 5.82 Å². The average Bonchev–Trinajstić information content (AvgIpc) is 2.99. The Kier molecular flexibility index (Phi) is 2.36. The maximum Gasteiger partial charge on any atom is 0.172 e. The summed E-state index contributed by atoms with van der Waals surface area (Å²) >= 11 is 0. The summed E-state index contributed by atoms with van der Waals surface area (Å²) in [6, 6.07) is 6.30. The van der Waals surface area contributed by atoms with Crippen LogP contribution in [-0.4, -0.2) is 6.61 Å². The molecule has 0 radical (unpaired) electrons. The Hall–Kier alpha value is -1.56. The molecule has 0 atom stereocenters. The van der Waals surface area contributed by atoms with Crippen LogP contribution >= 0.6 is 0 Å². The van der Waals surface area contributed by atoms with Crippen LogP contribution in [0.3, 0.4) is 0 Å². The molecule has 2 nitrogen and oxygen atoms in total. The van der Waals surface area contributed by atoms with Crippen molar-refractivity contribution >= 4 is 0 Å². The predicted molar refractivity (Wildman–Crippen MR) is 49.3 cm³/mol. The van der Waals surface area contributed by atoms with E-state index in [2.05, 4.69) is 0 Å². The van der Waals surface area contributed by atoms with Gasteiger partial charge in [0.05, 0.1) is 12.2 Å². The zero-order chi connectivity index (χ0) is 9.97. The molecule has 0 N–H and O–H groups in total. The summed E-state index contributed by atoms with van der Waals surface area (Å²) < 4.78 is 18.5. The van der Waals surface area contributed by atoms with Crippen molar-refractivity contribution in [3.8, 4) is 11.8 Å². The Labute approximate surface area is 81.9 Å². The largest absolute Gasteiger partial charge is 0.489 e. The predicted octanol–water partition coefficient (Wildman–Crippen LogP) is 2.49. The Morgan fingerprint density at radius 3 is 2.93 bits per heavy atom. The Balaban J connectivity index is 2.16. The molecule has 0 unspecified atom stereocenters. The number of halogens is 1. The van der Waals surface area contributed by atoms with Crippen molar-refractivity contribution < 1.29 is 9.13 Å². The number of hydrogen-bond acceptors (Lipinski definition) is 2. The third-order valence-corrected chi connectivity index (χ3v) is 2.25. The number of nitriles is 1. The summed E-state index contributed by atoms with van der Waals surface area (Å²) in [6.07, 6.45) is 2.30. The molecule has 3 heteroatoms. The first-order valence-corrected chi connectivity index (χ1v) is 4.62. The second-order valence-corrected chi connectivity index (χ2v) is 3.48. The van der Waals surface area contributed by atoms with E-state index in [-0.39, 0.29) is 11.3 Å². The summed E-state index contributed by atoms with van der Waals surface area (Å²) in [6.45, 7) is 0.523. The first kappa shape index (κ1) is 9.01. The highest BCUT2D eigenvalue weighted by Crippen LogP contribution is 2.31. The van der Waals surface area contributed by atoms with Gasteiger partial charge in [0, 0.05) is 0 Å². The highest BCUT2D eigenvalue weighted by molar-refractivity contribution is 5.43. The highest BCUT2D eigenvalue weighted by atomic mass is 19.1. The molecule has 72 valence electrons. The number of nitrogens with zero attached hydrogens (tertiary/aromatic N) is 1. The minimum Gasteiger partial charge on any atom is -0.489 e. The van der Waals surface area contributed by atoms with E-state index in [0.717, 1.165) is 12.8 Å². The maximum atomic E-state index is 13.2. The molecular formula is C11H10FNO. The Morgan fingerprint density at radius 2 is 2.29 bits per heavy atom. The summed E-state index contributed by atoms with van der Waals surface area (Å²) in [5, 5.41) is 8.73. The van der Waals surface area contributed by atoms with Gasteiger partial charge >= 0.3 is 0 Å². The van der Waals surface area contributed by atoms with Crippen molar-refractivity contribution in [2.75, 3.05) is 6.61 Å². The highest BCUT2D eigenvalue weighted by Gasteiger charge is 2.23. The van der Waals surface area contributed by atoms with E-state index in [4.69, 9.17) is 10.00 Å². The van der Waals surface area contributed by atoms with Gasteiger partial charge in [-0.05, 0) is 30.9 Å². The van der Waals surface area contributed by atoms with Crippen LogP contribution in [0.4, 0.5) is 4.39 Å². The molecule has 2 rings (SSSR count). The lowest BCUT2D eigenvalue weighted by molar-refractivity contribution is 0.284. The molecule has 1 aromatic rings. The van der Waals surface area contributed by atoms with Gasteiger partial charge in [-0.3, -0.25) is 0 Å². The summed E-state index contributed by atoms with van der Waals surface area (Å²) in [5.41, 5.74) is 0.269. The van der Waals surface area contributed by atoms with Crippen molar-refractivity contribution in [1.82, 2.24) is 0 Å². The molecule has 1 aromatic carbocycles. The molecule has 0 aliphatic heterocycles. The van der Waals surface area contributed by atoms with E-state index in [1.165, 1.54) is 12.1 Å². The van der Waals surface area contributed by atoms with E-state index in [1.54, 1.807) is 6.07 Å². The normalized spacial score (nSPS) is 14.9. The molecule has 1 fully saturated rings. The third-order valence-electron chi connectivity index (χ3n) is 2.25. The van der Waals surface area contributed by atoms with Crippen LogP contribution in [-0.2, 0) is 0 Å². The molecule has 0 bridgehead atoms. The third kappa shape index (κ3) is 1.85. The topological polar surface area (TPSA) is 33.0 Å². The molecule has 1 aliphatic rings. The number of ether oxygens (including phenoxy) is 1. The van der Waals surface area contributed by atoms with Gasteiger partial charge in [-0.2, -0.15) is 5.26 Å². The van der Waals surface area contributed by atoms with E-state index in [9.17, 15) is 4.39 Å². The number of benzene rings is 1. The minimum absolute atomic E-state index is 0.0990. The molecule has 0 heterocycles. The second-order valence-electron chi connectivity index (χ2n) is 3.48. The van der Waals surface area contributed by atoms with Crippen LogP contribution in [0.5, 0.6) is 5.75 Å². The van der Waals surface area contributed by atoms with Gasteiger partial charge in [-0.1, -0.05) is 6.07 Å². The fraction of sp³-hybridized carbons (Fsp3) is 0.364. The van der Waals surface area contributed by atoms with Crippen molar-refractivity contribution in [2.45, 2.75) is 12.8 Å². The lowest BCUT2D eigenvalue weighted by atomic mass is 10.2. The number of rotatable bonds is 3. The van der Waals surface area contributed by atoms with E-state index in [0.29, 0.717) is 12.5 Å². The molecular weight excluding hydrogens is 181 g/mol. The van der Waals surface area contributed by atoms with Crippen LogP contribution in [0.25, 0.3) is 0 Å². The van der Waals surface area contributed by atoms with Gasteiger partial charge in [0.1, 0.15) is 6.07 Å². The lowest BCUT2D eigenvalue weighted by Crippen LogP contribution is -2.02. The van der Waals surface area contributed by atoms with Gasteiger partial charge < -0.3 is 4.74 Å². The zero-order valence-electron chi connectivity index (χ0n) is 7.66. The van der Waals surface area contributed by atoms with E-state index in [1.807, 2.05) is 6.07 Å². The quantitative estimate of drug-likeness (QED) is 0.735. The van der Waals surface area contributed by atoms with Crippen molar-refractivity contribution in [2.24, 2.45) is 5.92 Å². The fourth-order valence-corrected chi connectivity index (χ4v) is 1.23. The van der Waals surface area contributed by atoms with Crippen molar-refractivity contribution in [3.63, 3.8) is 0 Å². The lowest BCUT2D eigenvalue weighted by Gasteiger charge is -2.07. The van der Waals surface area contributed by atoms with Crippen LogP contribution in [0, 0.1) is 23.1 Å². The van der Waals surface area contributed by atoms with Crippen LogP contribution in [0.1, 0.15) is 18.4 Å². The zero-order valence-corrected chi connectivity index (χ0v) is 7.66. The fourth-order valence-electron chi connectivity index (χ4n) is 1.23. The molecule has 0 amide bonds. The van der Waals surface area contributed by atoms with Crippen molar-refractivity contribution in [3.05, 3.63) is 29.6 Å². The molecule has 0 spiro atoms. The molecule has 0 aromatic heterocycles.